The molecule has 0 aliphatic carbocycles. The van der Waals surface area contributed by atoms with Crippen molar-refractivity contribution in [3.05, 3.63) is 58.1 Å². The largest absolute Gasteiger partial charge is 0.493 e. The average Bonchev–Trinajstić information content (AvgIpc) is 3.29. The summed E-state index contributed by atoms with van der Waals surface area (Å²) in [6.07, 6.45) is 0.694. The van der Waals surface area contributed by atoms with E-state index >= 15 is 0 Å². The lowest BCUT2D eigenvalue weighted by atomic mass is 9.85. The van der Waals surface area contributed by atoms with E-state index in [4.69, 9.17) is 15.3 Å². The molecule has 0 bridgehead atoms. The highest BCUT2D eigenvalue weighted by atomic mass is 79.9. The number of aliphatic carboxylic acids is 1. The van der Waals surface area contributed by atoms with Crippen LogP contribution in [0.2, 0.25) is 0 Å². The Hall–Kier alpha value is -3.40. The third-order valence-corrected chi connectivity index (χ3v) is 7.04. The number of anilines is 1. The van der Waals surface area contributed by atoms with Crippen LogP contribution in [-0.2, 0) is 16.8 Å². The zero-order valence-electron chi connectivity index (χ0n) is 22.2. The minimum atomic E-state index is -0.798. The van der Waals surface area contributed by atoms with Crippen molar-refractivity contribution in [2.75, 3.05) is 38.2 Å². The second kappa shape index (κ2) is 11.6. The fourth-order valence-electron chi connectivity index (χ4n) is 5.21. The molecule has 0 saturated heterocycles. The van der Waals surface area contributed by atoms with Crippen molar-refractivity contribution in [3.63, 3.8) is 0 Å². The van der Waals surface area contributed by atoms with Gasteiger partial charge in [-0.3, -0.25) is 19.8 Å². The van der Waals surface area contributed by atoms with Gasteiger partial charge < -0.3 is 25.0 Å². The molecule has 2 aromatic rings. The topological polar surface area (TPSA) is 123 Å². The Balaban J connectivity index is 0.00000400. The van der Waals surface area contributed by atoms with Gasteiger partial charge in [0.2, 0.25) is 0 Å². The Kier molecular flexibility index (Phi) is 8.86. The summed E-state index contributed by atoms with van der Waals surface area (Å²) in [6.45, 7) is 8.38. The second-order valence-electron chi connectivity index (χ2n) is 10.2. The number of Topliss-reactive ketones (excluding diaryl/α,β-unsaturated/α-hetero) is 1. The molecule has 9 nitrogen and oxygen atoms in total. The van der Waals surface area contributed by atoms with E-state index in [1.165, 1.54) is 0 Å². The van der Waals surface area contributed by atoms with E-state index in [9.17, 15) is 14.4 Å². The van der Waals surface area contributed by atoms with Crippen LogP contribution in [0.4, 0.5) is 5.69 Å². The van der Waals surface area contributed by atoms with Gasteiger partial charge in [-0.15, -0.1) is 17.0 Å². The summed E-state index contributed by atoms with van der Waals surface area (Å²) >= 11 is 0. The Bertz CT molecular complexity index is 1280. The summed E-state index contributed by atoms with van der Waals surface area (Å²) in [5, 5.41) is 20.2. The number of ether oxygens (including phenoxy) is 1. The molecule has 1 amide bonds. The van der Waals surface area contributed by atoms with Crippen LogP contribution in [0, 0.1) is 5.41 Å². The van der Waals surface area contributed by atoms with Crippen molar-refractivity contribution >= 4 is 46.2 Å². The van der Waals surface area contributed by atoms with Crippen molar-refractivity contribution in [2.24, 2.45) is 0 Å². The van der Waals surface area contributed by atoms with E-state index in [0.29, 0.717) is 48.6 Å². The number of amidine groups is 1. The van der Waals surface area contributed by atoms with Crippen LogP contribution >= 0.6 is 17.0 Å². The maximum atomic E-state index is 13.3. The first-order valence-corrected chi connectivity index (χ1v) is 12.6. The summed E-state index contributed by atoms with van der Waals surface area (Å²) in [6, 6.07) is 9.17. The minimum Gasteiger partial charge on any atom is -0.493 e. The van der Waals surface area contributed by atoms with Crippen LogP contribution in [0.1, 0.15) is 71.0 Å². The molecule has 204 valence electrons. The van der Waals surface area contributed by atoms with Crippen LogP contribution in [0.3, 0.4) is 0 Å². The van der Waals surface area contributed by atoms with Gasteiger partial charge in [-0.25, -0.2) is 0 Å². The predicted octanol–water partition coefficient (Wildman–Crippen LogP) is 4.01. The molecule has 0 atom stereocenters. The van der Waals surface area contributed by atoms with Crippen molar-refractivity contribution in [1.82, 2.24) is 10.2 Å². The van der Waals surface area contributed by atoms with Gasteiger partial charge in [0.05, 0.1) is 18.7 Å². The van der Waals surface area contributed by atoms with Crippen molar-refractivity contribution in [3.8, 4) is 5.75 Å². The van der Waals surface area contributed by atoms with E-state index in [1.807, 2.05) is 25.1 Å². The molecule has 0 fully saturated rings. The van der Waals surface area contributed by atoms with Gasteiger partial charge in [-0.2, -0.15) is 0 Å². The molecule has 0 aromatic heterocycles. The summed E-state index contributed by atoms with van der Waals surface area (Å²) < 4.78 is 5.66. The number of carbonyl (C=O) groups excluding carboxylic acids is 2. The lowest BCUT2D eigenvalue weighted by Crippen LogP contribution is -2.30. The van der Waals surface area contributed by atoms with Crippen molar-refractivity contribution in [2.45, 2.75) is 45.6 Å². The molecular weight excluding hydrogens is 552 g/mol. The number of amides is 1. The summed E-state index contributed by atoms with van der Waals surface area (Å²) in [7, 11) is 1.55. The maximum absolute atomic E-state index is 13.3. The zero-order chi connectivity index (χ0) is 26.9. The van der Waals surface area contributed by atoms with Crippen molar-refractivity contribution < 1.29 is 24.2 Å². The number of carbonyl (C=O) groups is 3. The summed E-state index contributed by atoms with van der Waals surface area (Å²) in [4.78, 5) is 40.5. The first-order chi connectivity index (χ1) is 17.6. The fraction of sp³-hybridized carbons (Fsp3) is 0.429. The van der Waals surface area contributed by atoms with Gasteiger partial charge in [0, 0.05) is 55.3 Å². The Morgan fingerprint density at radius 3 is 2.55 bits per heavy atom. The smallest absolute Gasteiger partial charge is 0.303 e. The molecule has 2 aliphatic rings. The van der Waals surface area contributed by atoms with Gasteiger partial charge in [0.15, 0.2) is 5.78 Å². The third kappa shape index (κ3) is 5.70. The molecule has 2 aliphatic heterocycles. The molecule has 2 heterocycles. The molecule has 10 heteroatoms. The van der Waals surface area contributed by atoms with Crippen LogP contribution in [0.15, 0.2) is 30.3 Å². The van der Waals surface area contributed by atoms with E-state index in [-0.39, 0.29) is 52.9 Å². The average molecular weight is 588 g/mol. The highest BCUT2D eigenvalue weighted by molar-refractivity contribution is 8.93. The highest BCUT2D eigenvalue weighted by Gasteiger charge is 2.36. The molecule has 2 aromatic carbocycles. The Morgan fingerprint density at radius 2 is 1.89 bits per heavy atom. The first-order valence-electron chi connectivity index (χ1n) is 12.6. The summed E-state index contributed by atoms with van der Waals surface area (Å²) in [5.41, 5.74) is 4.38. The molecule has 3 N–H and O–H groups in total. The third-order valence-electron chi connectivity index (χ3n) is 7.04. The van der Waals surface area contributed by atoms with Crippen molar-refractivity contribution in [1.29, 1.82) is 5.41 Å². The van der Waals surface area contributed by atoms with Gasteiger partial charge in [-0.1, -0.05) is 13.8 Å². The normalized spacial score (nSPS) is 15.0. The number of carboxylic acids is 1. The molecule has 0 radical (unpaired) electrons. The number of benzene rings is 2. The molecule has 0 unspecified atom stereocenters. The predicted molar refractivity (Wildman–Crippen MR) is 151 cm³/mol. The number of nitrogens with zero attached hydrogens (tertiary/aromatic N) is 2. The van der Waals surface area contributed by atoms with Gasteiger partial charge >= 0.3 is 5.97 Å². The highest BCUT2D eigenvalue weighted by Crippen LogP contribution is 2.41. The molecule has 0 spiro atoms. The Labute approximate surface area is 233 Å². The number of ketones is 1. The lowest BCUT2D eigenvalue weighted by molar-refractivity contribution is -0.137. The number of hydrogen-bond acceptors (Lipinski definition) is 6. The standard InChI is InChI=1S/C28H34N4O5.BrH/c1-5-37-24-12-18-14-32(26(29)19(18)13-20(24)27(36)30-4)15-23(33)17-8-9-22-21(11-17)28(2,3)16-31(22)10-6-7-25(34)35;/h8-9,11-13,29H,5-7,10,14-16H2,1-4H3,(H,30,36)(H,34,35);1H. The van der Waals surface area contributed by atoms with Crippen LogP contribution in [-0.4, -0.2) is 66.8 Å². The van der Waals surface area contributed by atoms with Crippen LogP contribution in [0.5, 0.6) is 5.75 Å². The quantitative estimate of drug-likeness (QED) is 0.359. The minimum absolute atomic E-state index is 0. The monoisotopic (exact) mass is 586 g/mol. The molecule has 38 heavy (non-hydrogen) atoms. The maximum Gasteiger partial charge on any atom is 0.303 e. The molecule has 4 rings (SSSR count). The fourth-order valence-corrected chi connectivity index (χ4v) is 5.21. The Morgan fingerprint density at radius 1 is 1.16 bits per heavy atom. The van der Waals surface area contributed by atoms with E-state index in [2.05, 4.69) is 24.1 Å². The first kappa shape index (κ1) is 29.2. The number of nitrogens with one attached hydrogen (secondary N) is 2. The van der Waals surface area contributed by atoms with Gasteiger partial charge in [0.25, 0.3) is 5.91 Å². The van der Waals surface area contributed by atoms with Crippen LogP contribution in [0.25, 0.3) is 0 Å². The number of halogens is 1. The van der Waals surface area contributed by atoms with E-state index < -0.39 is 5.97 Å². The number of rotatable bonds is 10. The van der Waals surface area contributed by atoms with Gasteiger partial charge in [-0.05, 0) is 54.8 Å². The van der Waals surface area contributed by atoms with E-state index in [1.54, 1.807) is 24.1 Å². The lowest BCUT2D eigenvalue weighted by Gasteiger charge is -2.22. The number of hydrogen-bond donors (Lipinski definition) is 3. The number of fused-ring (bicyclic) bond motifs is 2. The van der Waals surface area contributed by atoms with Crippen LogP contribution < -0.4 is 15.0 Å². The second-order valence-corrected chi connectivity index (χ2v) is 10.2. The molecular formula is C28H35BrN4O5. The van der Waals surface area contributed by atoms with Gasteiger partial charge in [0.1, 0.15) is 11.6 Å². The van der Waals surface area contributed by atoms with E-state index in [0.717, 1.165) is 23.4 Å². The zero-order valence-corrected chi connectivity index (χ0v) is 23.9. The molecule has 0 saturated carbocycles. The summed E-state index contributed by atoms with van der Waals surface area (Å²) in [5.74, 6) is -0.491. The number of carboxylic acid groups (broad SMARTS) is 1. The SMILES string of the molecule is Br.CCOc1cc2c(cc1C(=O)NC)C(=N)N(CC(=O)c1ccc3c(c1)C(C)(C)CN3CCCC(=O)O)C2.